The van der Waals surface area contributed by atoms with Gasteiger partial charge in [0.1, 0.15) is 6.04 Å². The first kappa shape index (κ1) is 13.0. The van der Waals surface area contributed by atoms with Gasteiger partial charge >= 0.3 is 5.97 Å². The number of nitrogens with one attached hydrogen (secondary N) is 1. The summed E-state index contributed by atoms with van der Waals surface area (Å²) in [5.41, 5.74) is 4.97. The Kier molecular flexibility index (Phi) is 5.56. The molecule has 82 valence electrons. The van der Waals surface area contributed by atoms with Gasteiger partial charge in [0.2, 0.25) is 5.91 Å². The Morgan fingerprint density at radius 3 is 2.53 bits per heavy atom. The molecule has 0 aromatic rings. The van der Waals surface area contributed by atoms with Crippen LogP contribution in [0, 0.1) is 12.3 Å². The van der Waals surface area contributed by atoms with Gasteiger partial charge in [0.05, 0.1) is 0 Å². The number of hydrogen-bond donors (Lipinski definition) is 2. The Hall–Kier alpha value is -2.03. The molecule has 0 fully saturated rings. The van der Waals surface area contributed by atoms with Crippen molar-refractivity contribution in [3.05, 3.63) is 0 Å². The molecule has 0 radical (unpaired) electrons. The molecule has 0 unspecified atom stereocenters. The Balaban J connectivity index is 4.07. The fourth-order valence-corrected chi connectivity index (χ4v) is 0.744. The summed E-state index contributed by atoms with van der Waals surface area (Å²) in [5.74, 6) is 0.257. The van der Waals surface area contributed by atoms with Gasteiger partial charge in [0, 0.05) is 13.3 Å². The molecule has 0 aliphatic rings. The second-order valence-electron chi connectivity index (χ2n) is 2.71. The van der Waals surface area contributed by atoms with Gasteiger partial charge < -0.3 is 15.8 Å². The predicted octanol–water partition coefficient (Wildman–Crippen LogP) is -1.46. The van der Waals surface area contributed by atoms with E-state index in [4.69, 9.17) is 12.2 Å². The molecule has 0 aliphatic heterocycles. The molecule has 6 nitrogen and oxygen atoms in total. The second-order valence-corrected chi connectivity index (χ2v) is 2.71. The Morgan fingerprint density at radius 1 is 1.53 bits per heavy atom. The van der Waals surface area contributed by atoms with E-state index in [1.165, 1.54) is 6.92 Å². The van der Waals surface area contributed by atoms with Crippen molar-refractivity contribution in [1.29, 1.82) is 0 Å². The molecule has 0 saturated heterocycles. The van der Waals surface area contributed by atoms with Crippen molar-refractivity contribution >= 4 is 17.8 Å². The fourth-order valence-electron chi connectivity index (χ4n) is 0.744. The zero-order chi connectivity index (χ0) is 11.8. The summed E-state index contributed by atoms with van der Waals surface area (Å²) in [7, 11) is 0. The number of nitrogens with two attached hydrogens (primary N) is 1. The van der Waals surface area contributed by atoms with Crippen LogP contribution in [0.5, 0.6) is 0 Å². The van der Waals surface area contributed by atoms with Crippen LogP contribution in [-0.2, 0) is 19.1 Å². The number of carbonyl (C=O) groups is 3. The van der Waals surface area contributed by atoms with E-state index >= 15 is 0 Å². The van der Waals surface area contributed by atoms with Crippen LogP contribution >= 0.6 is 0 Å². The SMILES string of the molecule is C#CC[C@@H](NC(=O)COC(C)=O)C(N)=O. The van der Waals surface area contributed by atoms with Gasteiger partial charge in [0.25, 0.3) is 5.91 Å². The molecule has 0 aromatic heterocycles. The third kappa shape index (κ3) is 6.10. The van der Waals surface area contributed by atoms with Gasteiger partial charge in [-0.3, -0.25) is 14.4 Å². The first-order chi connectivity index (χ1) is 6.97. The largest absolute Gasteiger partial charge is 0.456 e. The van der Waals surface area contributed by atoms with E-state index in [1.54, 1.807) is 0 Å². The van der Waals surface area contributed by atoms with E-state index in [0.29, 0.717) is 0 Å². The number of primary amides is 1. The average molecular weight is 212 g/mol. The Morgan fingerprint density at radius 2 is 2.13 bits per heavy atom. The van der Waals surface area contributed by atoms with Crippen molar-refractivity contribution in [3.8, 4) is 12.3 Å². The number of ether oxygens (including phenoxy) is 1. The van der Waals surface area contributed by atoms with Crippen molar-refractivity contribution in [2.75, 3.05) is 6.61 Å². The average Bonchev–Trinajstić information content (AvgIpc) is 2.14. The third-order valence-electron chi connectivity index (χ3n) is 1.41. The van der Waals surface area contributed by atoms with Gasteiger partial charge in [-0.15, -0.1) is 12.3 Å². The maximum atomic E-state index is 11.1. The maximum Gasteiger partial charge on any atom is 0.303 e. The topological polar surface area (TPSA) is 98.5 Å². The lowest BCUT2D eigenvalue weighted by molar-refractivity contribution is -0.146. The second kappa shape index (κ2) is 6.43. The molecule has 0 spiro atoms. The highest BCUT2D eigenvalue weighted by molar-refractivity contribution is 5.87. The number of terminal acetylenes is 1. The highest BCUT2D eigenvalue weighted by atomic mass is 16.5. The Bertz CT molecular complexity index is 306. The van der Waals surface area contributed by atoms with Gasteiger partial charge in [-0.05, 0) is 0 Å². The van der Waals surface area contributed by atoms with Crippen LogP contribution in [-0.4, -0.2) is 30.4 Å². The monoisotopic (exact) mass is 212 g/mol. The summed E-state index contributed by atoms with van der Waals surface area (Å²) in [4.78, 5) is 32.2. The molecular formula is C9H12N2O4. The van der Waals surface area contributed by atoms with E-state index in [1.807, 2.05) is 0 Å². The maximum absolute atomic E-state index is 11.1. The van der Waals surface area contributed by atoms with E-state index in [0.717, 1.165) is 0 Å². The van der Waals surface area contributed by atoms with Crippen LogP contribution in [0.1, 0.15) is 13.3 Å². The number of esters is 1. The highest BCUT2D eigenvalue weighted by Gasteiger charge is 2.16. The molecule has 1 atom stereocenters. The van der Waals surface area contributed by atoms with Crippen molar-refractivity contribution in [2.24, 2.45) is 5.73 Å². The van der Waals surface area contributed by atoms with Crippen LogP contribution in [0.4, 0.5) is 0 Å². The van der Waals surface area contributed by atoms with Gasteiger partial charge in [-0.1, -0.05) is 0 Å². The molecule has 3 N–H and O–H groups in total. The van der Waals surface area contributed by atoms with Crippen LogP contribution in [0.2, 0.25) is 0 Å². The van der Waals surface area contributed by atoms with E-state index in [2.05, 4.69) is 16.0 Å². The summed E-state index contributed by atoms with van der Waals surface area (Å²) in [6, 6.07) is -0.932. The van der Waals surface area contributed by atoms with Crippen LogP contribution < -0.4 is 11.1 Å². The molecule has 0 saturated carbocycles. The summed E-state index contributed by atoms with van der Waals surface area (Å²) >= 11 is 0. The first-order valence-electron chi connectivity index (χ1n) is 4.13. The van der Waals surface area contributed by atoms with Crippen molar-refractivity contribution in [2.45, 2.75) is 19.4 Å². The van der Waals surface area contributed by atoms with Gasteiger partial charge in [-0.2, -0.15) is 0 Å². The third-order valence-corrected chi connectivity index (χ3v) is 1.41. The standard InChI is InChI=1S/C9H12N2O4/c1-3-4-7(9(10)14)11-8(13)5-15-6(2)12/h1,7H,4-5H2,2H3,(H2,10,14)(H,11,13)/t7-/m1/s1. The van der Waals surface area contributed by atoms with Crippen molar-refractivity contribution in [3.63, 3.8) is 0 Å². The lowest BCUT2D eigenvalue weighted by Crippen LogP contribution is -2.45. The molecule has 0 aromatic carbocycles. The molecule has 15 heavy (non-hydrogen) atoms. The molecule has 0 aliphatic carbocycles. The molecular weight excluding hydrogens is 200 g/mol. The minimum atomic E-state index is -0.932. The van der Waals surface area contributed by atoms with Crippen molar-refractivity contribution < 1.29 is 19.1 Å². The van der Waals surface area contributed by atoms with Crippen molar-refractivity contribution in [1.82, 2.24) is 5.32 Å². The van der Waals surface area contributed by atoms with Crippen LogP contribution in [0.3, 0.4) is 0 Å². The molecule has 0 bridgehead atoms. The number of amides is 2. The minimum Gasteiger partial charge on any atom is -0.456 e. The Labute approximate surface area is 87.1 Å². The van der Waals surface area contributed by atoms with E-state index in [9.17, 15) is 14.4 Å². The van der Waals surface area contributed by atoms with Gasteiger partial charge in [0.15, 0.2) is 6.61 Å². The lowest BCUT2D eigenvalue weighted by atomic mass is 10.2. The van der Waals surface area contributed by atoms with E-state index < -0.39 is 30.4 Å². The lowest BCUT2D eigenvalue weighted by Gasteiger charge is -2.12. The highest BCUT2D eigenvalue weighted by Crippen LogP contribution is 1.89. The quantitative estimate of drug-likeness (QED) is 0.430. The van der Waals surface area contributed by atoms with Crippen LogP contribution in [0.25, 0.3) is 0 Å². The predicted molar refractivity (Wildman–Crippen MR) is 51.2 cm³/mol. The molecule has 0 heterocycles. The van der Waals surface area contributed by atoms with E-state index in [-0.39, 0.29) is 6.42 Å². The van der Waals surface area contributed by atoms with Gasteiger partial charge in [-0.25, -0.2) is 0 Å². The zero-order valence-corrected chi connectivity index (χ0v) is 8.28. The normalized spacial score (nSPS) is 10.9. The zero-order valence-electron chi connectivity index (χ0n) is 8.28. The summed E-state index contributed by atoms with van der Waals surface area (Å²) in [6.07, 6.45) is 4.97. The van der Waals surface area contributed by atoms with Crippen LogP contribution in [0.15, 0.2) is 0 Å². The summed E-state index contributed by atoms with van der Waals surface area (Å²) in [5, 5.41) is 2.24. The number of hydrogen-bond acceptors (Lipinski definition) is 4. The number of carbonyl (C=O) groups excluding carboxylic acids is 3. The smallest absolute Gasteiger partial charge is 0.303 e. The molecule has 6 heteroatoms. The first-order valence-corrected chi connectivity index (χ1v) is 4.13. The summed E-state index contributed by atoms with van der Waals surface area (Å²) < 4.78 is 4.41. The minimum absolute atomic E-state index is 0.00114. The molecule has 2 amide bonds. The summed E-state index contributed by atoms with van der Waals surface area (Å²) in [6.45, 7) is 0.712. The number of rotatable bonds is 5. The molecule has 0 rings (SSSR count). The fraction of sp³-hybridized carbons (Fsp3) is 0.444.